The molecule has 9 heteroatoms. The molecule has 182 valence electrons. The van der Waals surface area contributed by atoms with Gasteiger partial charge in [-0.05, 0) is 75.0 Å². The highest BCUT2D eigenvalue weighted by Crippen LogP contribution is 2.42. The van der Waals surface area contributed by atoms with Crippen LogP contribution in [0.1, 0.15) is 52.5 Å². The minimum atomic E-state index is -0.986. The van der Waals surface area contributed by atoms with Crippen molar-refractivity contribution in [3.63, 3.8) is 0 Å². The van der Waals surface area contributed by atoms with E-state index in [9.17, 15) is 14.3 Å². The summed E-state index contributed by atoms with van der Waals surface area (Å²) >= 11 is 1.28. The highest BCUT2D eigenvalue weighted by atomic mass is 32.1. The number of amides is 1. The van der Waals surface area contributed by atoms with Gasteiger partial charge in [-0.1, -0.05) is 23.8 Å². The van der Waals surface area contributed by atoms with E-state index in [-0.39, 0.29) is 18.3 Å². The molecule has 0 spiro atoms. The molecule has 1 fully saturated rings. The molecule has 1 aliphatic rings. The quantitative estimate of drug-likeness (QED) is 0.449. The molecule has 35 heavy (non-hydrogen) atoms. The van der Waals surface area contributed by atoms with Gasteiger partial charge in [-0.2, -0.15) is 9.47 Å². The Morgan fingerprint density at radius 1 is 1.23 bits per heavy atom. The third-order valence-corrected chi connectivity index (χ3v) is 7.57. The summed E-state index contributed by atoms with van der Waals surface area (Å²) in [6.07, 6.45) is 2.11. The molecular formula is C26H28FN5O2S. The third kappa shape index (κ3) is 4.23. The van der Waals surface area contributed by atoms with Crippen LogP contribution in [0.25, 0.3) is 10.9 Å². The molecule has 0 bridgehead atoms. The van der Waals surface area contributed by atoms with Crippen LogP contribution in [0.3, 0.4) is 0 Å². The molecule has 1 atom stereocenters. The standard InChI is InChI=1S/C26H28FN5O2S/c1-16-5-8-21-19(11-16)22(30-32(21)13-25(3,4)34)23(33)31-10-9-26(14-31,24-28-15-29-35-24)18-7-6-17(2)20(27)12-18/h5-8,11-12,15,34H,9-10,13-14H2,1-4H3/t26-/m1/s1. The first-order chi connectivity index (χ1) is 16.6. The minimum Gasteiger partial charge on any atom is -0.389 e. The fourth-order valence-electron chi connectivity index (χ4n) is 4.88. The van der Waals surface area contributed by atoms with Crippen LogP contribution in [0.4, 0.5) is 4.39 Å². The molecule has 2 aromatic carbocycles. The van der Waals surface area contributed by atoms with Crippen molar-refractivity contribution in [1.29, 1.82) is 0 Å². The van der Waals surface area contributed by atoms with Gasteiger partial charge in [0, 0.05) is 18.5 Å². The number of aliphatic hydroxyl groups is 1. The van der Waals surface area contributed by atoms with E-state index in [2.05, 4.69) is 14.5 Å². The van der Waals surface area contributed by atoms with Crippen molar-refractivity contribution in [3.05, 3.63) is 75.9 Å². The first kappa shape index (κ1) is 23.6. The Bertz CT molecular complexity index is 1410. The lowest BCUT2D eigenvalue weighted by atomic mass is 9.80. The number of aromatic nitrogens is 4. The lowest BCUT2D eigenvalue weighted by Crippen LogP contribution is -2.36. The number of aryl methyl sites for hydroxylation is 2. The van der Waals surface area contributed by atoms with Gasteiger partial charge in [-0.15, -0.1) is 0 Å². The van der Waals surface area contributed by atoms with Gasteiger partial charge in [0.05, 0.1) is 23.1 Å². The minimum absolute atomic E-state index is 0.186. The Morgan fingerprint density at radius 2 is 2.03 bits per heavy atom. The maximum atomic E-state index is 14.6. The zero-order chi connectivity index (χ0) is 25.0. The monoisotopic (exact) mass is 493 g/mol. The first-order valence-electron chi connectivity index (χ1n) is 11.6. The highest BCUT2D eigenvalue weighted by molar-refractivity contribution is 7.05. The number of hydrogen-bond acceptors (Lipinski definition) is 6. The molecule has 1 aliphatic heterocycles. The molecule has 0 radical (unpaired) electrons. The van der Waals surface area contributed by atoms with Crippen LogP contribution in [-0.4, -0.2) is 53.7 Å². The van der Waals surface area contributed by atoms with E-state index < -0.39 is 11.0 Å². The van der Waals surface area contributed by atoms with Gasteiger partial charge in [-0.25, -0.2) is 9.37 Å². The number of likely N-dealkylation sites (tertiary alicyclic amines) is 1. The Labute approximate surface area is 207 Å². The maximum absolute atomic E-state index is 14.6. The van der Waals surface area contributed by atoms with Crippen LogP contribution in [0.5, 0.6) is 0 Å². The van der Waals surface area contributed by atoms with Gasteiger partial charge in [0.25, 0.3) is 5.91 Å². The molecule has 0 aliphatic carbocycles. The van der Waals surface area contributed by atoms with E-state index in [4.69, 9.17) is 0 Å². The fraction of sp³-hybridized carbons (Fsp3) is 0.385. The molecule has 0 saturated carbocycles. The topological polar surface area (TPSA) is 84.1 Å². The SMILES string of the molecule is Cc1ccc2c(c1)c(C(=O)N1CC[C@@](c3ccc(C)c(F)c3)(c3ncns3)C1)nn2CC(C)(C)O. The van der Waals surface area contributed by atoms with Crippen molar-refractivity contribution in [2.24, 2.45) is 0 Å². The van der Waals surface area contributed by atoms with Gasteiger partial charge in [0.1, 0.15) is 17.2 Å². The number of benzene rings is 2. The van der Waals surface area contributed by atoms with Crippen molar-refractivity contribution in [2.75, 3.05) is 13.1 Å². The fourth-order valence-corrected chi connectivity index (χ4v) is 5.63. The molecule has 3 heterocycles. The van der Waals surface area contributed by atoms with E-state index in [0.29, 0.717) is 30.8 Å². The third-order valence-electron chi connectivity index (χ3n) is 6.70. The molecule has 0 unspecified atom stereocenters. The van der Waals surface area contributed by atoms with Crippen molar-refractivity contribution < 1.29 is 14.3 Å². The van der Waals surface area contributed by atoms with E-state index in [1.165, 1.54) is 17.9 Å². The molecule has 1 saturated heterocycles. The predicted molar refractivity (Wildman–Crippen MR) is 133 cm³/mol. The molecule has 1 amide bonds. The number of carbonyl (C=O) groups excluding carboxylic acids is 1. The molecular weight excluding hydrogens is 465 g/mol. The van der Waals surface area contributed by atoms with Crippen molar-refractivity contribution in [2.45, 2.75) is 51.7 Å². The first-order valence-corrected chi connectivity index (χ1v) is 12.4. The number of carbonyl (C=O) groups is 1. The Balaban J connectivity index is 1.55. The van der Waals surface area contributed by atoms with Gasteiger partial charge in [0.2, 0.25) is 0 Å². The molecule has 7 nitrogen and oxygen atoms in total. The van der Waals surface area contributed by atoms with E-state index in [1.54, 1.807) is 42.5 Å². The van der Waals surface area contributed by atoms with Crippen LogP contribution in [0.15, 0.2) is 42.7 Å². The van der Waals surface area contributed by atoms with Gasteiger partial charge < -0.3 is 10.0 Å². The second-order valence-corrected chi connectivity index (χ2v) is 10.9. The second kappa shape index (κ2) is 8.49. The smallest absolute Gasteiger partial charge is 0.275 e. The van der Waals surface area contributed by atoms with Crippen LogP contribution in [0, 0.1) is 19.7 Å². The summed E-state index contributed by atoms with van der Waals surface area (Å²) in [7, 11) is 0. The number of nitrogens with zero attached hydrogens (tertiary/aromatic N) is 5. The Morgan fingerprint density at radius 3 is 2.71 bits per heavy atom. The zero-order valence-corrected chi connectivity index (χ0v) is 21.1. The average Bonchev–Trinajstić information content (AvgIpc) is 3.53. The summed E-state index contributed by atoms with van der Waals surface area (Å²) in [5.41, 5.74) is 1.93. The predicted octanol–water partition coefficient (Wildman–Crippen LogP) is 4.25. The van der Waals surface area contributed by atoms with Crippen LogP contribution in [-0.2, 0) is 12.0 Å². The maximum Gasteiger partial charge on any atom is 0.275 e. The van der Waals surface area contributed by atoms with Crippen molar-refractivity contribution in [3.8, 4) is 0 Å². The average molecular weight is 494 g/mol. The van der Waals surface area contributed by atoms with E-state index >= 15 is 0 Å². The normalized spacial score (nSPS) is 18.5. The largest absolute Gasteiger partial charge is 0.389 e. The Hall–Kier alpha value is -3.17. The zero-order valence-electron chi connectivity index (χ0n) is 20.2. The van der Waals surface area contributed by atoms with Gasteiger partial charge in [0.15, 0.2) is 5.69 Å². The summed E-state index contributed by atoms with van der Waals surface area (Å²) in [6, 6.07) is 11.1. The van der Waals surface area contributed by atoms with Crippen LogP contribution >= 0.6 is 11.5 Å². The van der Waals surface area contributed by atoms with Crippen molar-refractivity contribution >= 4 is 28.3 Å². The molecule has 2 aromatic heterocycles. The number of hydrogen-bond donors (Lipinski definition) is 1. The summed E-state index contributed by atoms with van der Waals surface area (Å²) in [5, 5.41) is 16.6. The number of fused-ring (bicyclic) bond motifs is 1. The van der Waals surface area contributed by atoms with Gasteiger partial charge in [-0.3, -0.25) is 9.48 Å². The summed E-state index contributed by atoms with van der Waals surface area (Å²) in [4.78, 5) is 20.1. The summed E-state index contributed by atoms with van der Waals surface area (Å²) in [5.74, 6) is -0.461. The van der Waals surface area contributed by atoms with Crippen molar-refractivity contribution in [1.82, 2.24) is 24.0 Å². The second-order valence-electron chi connectivity index (χ2n) is 10.1. The lowest BCUT2D eigenvalue weighted by Gasteiger charge is -2.27. The Kier molecular flexibility index (Phi) is 5.72. The lowest BCUT2D eigenvalue weighted by molar-refractivity contribution is 0.0583. The van der Waals surface area contributed by atoms with E-state index in [0.717, 1.165) is 27.0 Å². The molecule has 1 N–H and O–H groups in total. The molecule has 4 aromatic rings. The number of rotatable bonds is 5. The summed E-state index contributed by atoms with van der Waals surface area (Å²) in [6.45, 7) is 8.25. The number of halogens is 1. The van der Waals surface area contributed by atoms with Gasteiger partial charge >= 0.3 is 0 Å². The van der Waals surface area contributed by atoms with Crippen LogP contribution in [0.2, 0.25) is 0 Å². The molecule has 5 rings (SSSR count). The van der Waals surface area contributed by atoms with E-state index in [1.807, 2.05) is 31.2 Å². The highest BCUT2D eigenvalue weighted by Gasteiger charge is 2.46. The summed E-state index contributed by atoms with van der Waals surface area (Å²) < 4.78 is 20.5. The van der Waals surface area contributed by atoms with Crippen LogP contribution < -0.4 is 0 Å².